The number of hydrogen-bond donors (Lipinski definition) is 1. The van der Waals surface area contributed by atoms with Gasteiger partial charge in [0.1, 0.15) is 11.0 Å². The van der Waals surface area contributed by atoms with E-state index in [1.807, 2.05) is 47.9 Å². The molecule has 2 aromatic heterocycles. The third-order valence-electron chi connectivity index (χ3n) is 4.25. The maximum atomic E-state index is 12.7. The van der Waals surface area contributed by atoms with E-state index in [0.717, 1.165) is 41.6 Å². The first-order valence-electron chi connectivity index (χ1n) is 8.23. The number of para-hydroxylation sites is 1. The molecule has 7 heteroatoms. The van der Waals surface area contributed by atoms with Gasteiger partial charge in [0.2, 0.25) is 5.91 Å². The number of aromatic nitrogens is 3. The summed E-state index contributed by atoms with van der Waals surface area (Å²) in [7, 11) is 0. The van der Waals surface area contributed by atoms with Crippen LogP contribution in [0.25, 0.3) is 11.4 Å². The fourth-order valence-electron chi connectivity index (χ4n) is 2.68. The van der Waals surface area contributed by atoms with E-state index >= 15 is 0 Å². The van der Waals surface area contributed by atoms with Crippen molar-refractivity contribution in [2.45, 2.75) is 36.2 Å². The van der Waals surface area contributed by atoms with Crippen LogP contribution in [0.1, 0.15) is 19.8 Å². The SMILES string of the molecule is CCn1c(SC2(C(=O)Nc3ccccc3)CC2)nnc1-c1ccoc1. The van der Waals surface area contributed by atoms with Crippen molar-refractivity contribution >= 4 is 23.4 Å². The zero-order valence-electron chi connectivity index (χ0n) is 13.8. The molecular weight excluding hydrogens is 336 g/mol. The van der Waals surface area contributed by atoms with E-state index in [-0.39, 0.29) is 5.91 Å². The van der Waals surface area contributed by atoms with Gasteiger partial charge in [-0.1, -0.05) is 30.0 Å². The monoisotopic (exact) mass is 354 g/mol. The molecule has 25 heavy (non-hydrogen) atoms. The van der Waals surface area contributed by atoms with Gasteiger partial charge in [0, 0.05) is 12.2 Å². The lowest BCUT2D eigenvalue weighted by Crippen LogP contribution is -2.27. The first-order valence-corrected chi connectivity index (χ1v) is 9.05. The Kier molecular flexibility index (Phi) is 4.09. The summed E-state index contributed by atoms with van der Waals surface area (Å²) in [6.07, 6.45) is 4.95. The molecule has 1 aliphatic carbocycles. The predicted octanol–water partition coefficient (Wildman–Crippen LogP) is 3.82. The second kappa shape index (κ2) is 6.40. The van der Waals surface area contributed by atoms with Crippen LogP contribution in [0.3, 0.4) is 0 Å². The molecule has 128 valence electrons. The van der Waals surface area contributed by atoms with Crippen molar-refractivity contribution in [2.75, 3.05) is 5.32 Å². The van der Waals surface area contributed by atoms with E-state index in [4.69, 9.17) is 4.42 Å². The summed E-state index contributed by atoms with van der Waals surface area (Å²) in [6, 6.07) is 11.4. The van der Waals surface area contributed by atoms with Gasteiger partial charge in [0.15, 0.2) is 11.0 Å². The molecule has 0 aliphatic heterocycles. The largest absolute Gasteiger partial charge is 0.472 e. The lowest BCUT2D eigenvalue weighted by Gasteiger charge is -2.15. The maximum Gasteiger partial charge on any atom is 0.241 e. The van der Waals surface area contributed by atoms with Crippen LogP contribution < -0.4 is 5.32 Å². The van der Waals surface area contributed by atoms with Gasteiger partial charge in [-0.2, -0.15) is 0 Å². The van der Waals surface area contributed by atoms with Crippen molar-refractivity contribution in [1.82, 2.24) is 14.8 Å². The van der Waals surface area contributed by atoms with Gasteiger partial charge in [-0.25, -0.2) is 0 Å². The highest BCUT2D eigenvalue weighted by atomic mass is 32.2. The Balaban J connectivity index is 1.55. The van der Waals surface area contributed by atoms with Gasteiger partial charge in [-0.15, -0.1) is 10.2 Å². The summed E-state index contributed by atoms with van der Waals surface area (Å²) in [5.41, 5.74) is 1.70. The van der Waals surface area contributed by atoms with Gasteiger partial charge in [0.25, 0.3) is 0 Å². The molecule has 0 spiro atoms. The molecule has 0 saturated heterocycles. The number of nitrogens with zero attached hydrogens (tertiary/aromatic N) is 3. The Morgan fingerprint density at radius 2 is 2.08 bits per heavy atom. The summed E-state index contributed by atoms with van der Waals surface area (Å²) in [4.78, 5) is 12.7. The lowest BCUT2D eigenvalue weighted by molar-refractivity contribution is -0.116. The highest BCUT2D eigenvalue weighted by molar-refractivity contribution is 8.01. The van der Waals surface area contributed by atoms with Gasteiger partial charge in [-0.05, 0) is 38.0 Å². The smallest absolute Gasteiger partial charge is 0.241 e. The number of benzene rings is 1. The Labute approximate surface area is 149 Å². The summed E-state index contributed by atoms with van der Waals surface area (Å²) < 4.78 is 6.71. The van der Waals surface area contributed by atoms with Gasteiger partial charge >= 0.3 is 0 Å². The van der Waals surface area contributed by atoms with Crippen molar-refractivity contribution in [3.63, 3.8) is 0 Å². The van der Waals surface area contributed by atoms with Crippen LogP contribution in [-0.4, -0.2) is 25.4 Å². The Morgan fingerprint density at radius 1 is 1.28 bits per heavy atom. The Morgan fingerprint density at radius 3 is 2.72 bits per heavy atom. The predicted molar refractivity (Wildman–Crippen MR) is 96.3 cm³/mol. The summed E-state index contributed by atoms with van der Waals surface area (Å²) >= 11 is 1.50. The van der Waals surface area contributed by atoms with Crippen molar-refractivity contribution in [3.8, 4) is 11.4 Å². The van der Waals surface area contributed by atoms with E-state index < -0.39 is 4.75 Å². The first-order chi connectivity index (χ1) is 12.2. The van der Waals surface area contributed by atoms with Crippen molar-refractivity contribution < 1.29 is 9.21 Å². The molecule has 0 bridgehead atoms. The summed E-state index contributed by atoms with van der Waals surface area (Å²) in [6.45, 7) is 2.77. The standard InChI is InChI=1S/C18H18N4O2S/c1-2-22-15(13-8-11-24-12-13)20-21-17(22)25-18(9-10-18)16(23)19-14-6-4-3-5-7-14/h3-8,11-12H,2,9-10H2,1H3,(H,19,23). The number of carbonyl (C=O) groups is 1. The van der Waals surface area contributed by atoms with Gasteiger partial charge in [-0.3, -0.25) is 4.79 Å². The first kappa shape index (κ1) is 16.0. The molecule has 2 heterocycles. The number of thioether (sulfide) groups is 1. The van der Waals surface area contributed by atoms with E-state index in [9.17, 15) is 4.79 Å². The molecule has 3 aromatic rings. The zero-order chi connectivity index (χ0) is 17.3. The minimum absolute atomic E-state index is 0.0271. The minimum Gasteiger partial charge on any atom is -0.472 e. The Bertz CT molecular complexity index is 870. The molecule has 1 aromatic carbocycles. The second-order valence-corrected chi connectivity index (χ2v) is 7.33. The van der Waals surface area contributed by atoms with Crippen molar-refractivity contribution in [3.05, 3.63) is 48.9 Å². The molecule has 0 atom stereocenters. The Hall–Kier alpha value is -2.54. The lowest BCUT2D eigenvalue weighted by atomic mass is 10.3. The zero-order valence-corrected chi connectivity index (χ0v) is 14.6. The number of hydrogen-bond acceptors (Lipinski definition) is 5. The van der Waals surface area contributed by atoms with Crippen LogP contribution in [0.5, 0.6) is 0 Å². The van der Waals surface area contributed by atoms with Crippen molar-refractivity contribution in [2.24, 2.45) is 0 Å². The highest BCUT2D eigenvalue weighted by Gasteiger charge is 2.52. The number of anilines is 1. The van der Waals surface area contributed by atoms with Crippen LogP contribution >= 0.6 is 11.8 Å². The topological polar surface area (TPSA) is 73.0 Å². The highest BCUT2D eigenvalue weighted by Crippen LogP contribution is 2.52. The van der Waals surface area contributed by atoms with Crippen molar-refractivity contribution in [1.29, 1.82) is 0 Å². The second-order valence-electron chi connectivity index (χ2n) is 5.98. The van der Waals surface area contributed by atoms with E-state index in [2.05, 4.69) is 15.5 Å². The van der Waals surface area contributed by atoms with Crippen LogP contribution in [0.15, 0.2) is 58.5 Å². The number of rotatable bonds is 6. The number of amides is 1. The van der Waals surface area contributed by atoms with Crippen LogP contribution in [0.2, 0.25) is 0 Å². The molecule has 1 saturated carbocycles. The van der Waals surface area contributed by atoms with E-state index in [1.165, 1.54) is 11.8 Å². The van der Waals surface area contributed by atoms with E-state index in [0.29, 0.717) is 0 Å². The normalized spacial score (nSPS) is 15.1. The fraction of sp³-hybridized carbons (Fsp3) is 0.278. The average Bonchev–Trinajstić information content (AvgIpc) is 3.05. The molecule has 0 unspecified atom stereocenters. The summed E-state index contributed by atoms with van der Waals surface area (Å²) in [5, 5.41) is 12.4. The molecule has 1 N–H and O–H groups in total. The molecule has 1 amide bonds. The average molecular weight is 354 g/mol. The third kappa shape index (κ3) is 3.07. The molecule has 0 radical (unpaired) electrons. The number of nitrogens with one attached hydrogen (secondary N) is 1. The molecule has 6 nitrogen and oxygen atoms in total. The van der Waals surface area contributed by atoms with Gasteiger partial charge in [0.05, 0.1) is 11.8 Å². The fourth-order valence-corrected chi connectivity index (χ4v) is 3.89. The van der Waals surface area contributed by atoms with Crippen LogP contribution in [0.4, 0.5) is 5.69 Å². The van der Waals surface area contributed by atoms with Crippen LogP contribution in [0, 0.1) is 0 Å². The van der Waals surface area contributed by atoms with E-state index in [1.54, 1.807) is 12.5 Å². The van der Waals surface area contributed by atoms with Gasteiger partial charge < -0.3 is 14.3 Å². The number of furan rings is 1. The van der Waals surface area contributed by atoms with Crippen LogP contribution in [-0.2, 0) is 11.3 Å². The third-order valence-corrected chi connectivity index (χ3v) is 5.72. The molecule has 4 rings (SSSR count). The molecule has 1 aliphatic rings. The maximum absolute atomic E-state index is 12.7. The minimum atomic E-state index is -0.455. The molecular formula is C18H18N4O2S. The summed E-state index contributed by atoms with van der Waals surface area (Å²) in [5.74, 6) is 0.789. The number of carbonyl (C=O) groups excluding carboxylic acids is 1. The quantitative estimate of drug-likeness (QED) is 0.728. The molecule has 1 fully saturated rings.